The maximum atomic E-state index is 12.7. The van der Waals surface area contributed by atoms with E-state index in [1.54, 1.807) is 7.11 Å². The zero-order chi connectivity index (χ0) is 18.3. The SMILES string of the molecule is COc1ccc(CN2C(=O)CCC3(C)C2=CCc2cc(Cl)ccc23)cc1. The molecule has 1 fully saturated rings. The van der Waals surface area contributed by atoms with Crippen LogP contribution in [0.2, 0.25) is 5.02 Å². The Morgan fingerprint density at radius 3 is 2.69 bits per heavy atom. The van der Waals surface area contributed by atoms with Crippen molar-refractivity contribution in [3.63, 3.8) is 0 Å². The average molecular weight is 368 g/mol. The molecule has 1 atom stereocenters. The number of likely N-dealkylation sites (tertiary alicyclic amines) is 1. The van der Waals surface area contributed by atoms with E-state index in [1.807, 2.05) is 35.2 Å². The molecule has 0 saturated carbocycles. The molecule has 0 spiro atoms. The summed E-state index contributed by atoms with van der Waals surface area (Å²) in [6.07, 6.45) is 4.42. The molecule has 1 aliphatic carbocycles. The van der Waals surface area contributed by atoms with Crippen molar-refractivity contribution in [3.05, 3.63) is 76.0 Å². The van der Waals surface area contributed by atoms with E-state index in [2.05, 4.69) is 25.1 Å². The standard InChI is InChI=1S/C22H22ClNO2/c1-22-12-11-21(25)24(14-15-3-7-18(26-2)8-4-15)20(22)10-5-16-13-17(23)6-9-19(16)22/h3-4,6-10,13H,5,11-12,14H2,1-2H3. The van der Waals surface area contributed by atoms with Crippen LogP contribution in [0.1, 0.15) is 36.5 Å². The number of nitrogens with zero attached hydrogens (tertiary/aromatic N) is 1. The predicted molar refractivity (Wildman–Crippen MR) is 103 cm³/mol. The summed E-state index contributed by atoms with van der Waals surface area (Å²) >= 11 is 6.19. The number of ether oxygens (including phenoxy) is 1. The lowest BCUT2D eigenvalue weighted by atomic mass is 9.68. The molecule has 0 bridgehead atoms. The molecule has 1 saturated heterocycles. The van der Waals surface area contributed by atoms with Gasteiger partial charge in [0.15, 0.2) is 0 Å². The fourth-order valence-electron chi connectivity index (χ4n) is 4.22. The van der Waals surface area contributed by atoms with Crippen molar-refractivity contribution in [1.82, 2.24) is 4.90 Å². The van der Waals surface area contributed by atoms with Gasteiger partial charge in [-0.15, -0.1) is 0 Å². The number of allylic oxidation sites excluding steroid dienone is 2. The highest BCUT2D eigenvalue weighted by atomic mass is 35.5. The summed E-state index contributed by atoms with van der Waals surface area (Å²) in [5.74, 6) is 1.02. The van der Waals surface area contributed by atoms with Crippen molar-refractivity contribution < 1.29 is 9.53 Å². The van der Waals surface area contributed by atoms with Crippen molar-refractivity contribution in [3.8, 4) is 5.75 Å². The Labute approximate surface area is 159 Å². The largest absolute Gasteiger partial charge is 0.497 e. The van der Waals surface area contributed by atoms with Crippen LogP contribution in [0.15, 0.2) is 54.2 Å². The third-order valence-corrected chi connectivity index (χ3v) is 5.91. The number of rotatable bonds is 3. The Morgan fingerprint density at radius 1 is 1.19 bits per heavy atom. The molecular formula is C22H22ClNO2. The van der Waals surface area contributed by atoms with Crippen LogP contribution in [0, 0.1) is 0 Å². The zero-order valence-electron chi connectivity index (χ0n) is 15.1. The van der Waals surface area contributed by atoms with Gasteiger partial charge in [0.2, 0.25) is 5.91 Å². The third kappa shape index (κ3) is 2.80. The van der Waals surface area contributed by atoms with Gasteiger partial charge in [0.1, 0.15) is 5.75 Å². The van der Waals surface area contributed by atoms with Gasteiger partial charge in [0.25, 0.3) is 0 Å². The zero-order valence-corrected chi connectivity index (χ0v) is 15.8. The van der Waals surface area contributed by atoms with Crippen molar-refractivity contribution >= 4 is 17.5 Å². The Hall–Kier alpha value is -2.26. The summed E-state index contributed by atoms with van der Waals surface area (Å²) in [5.41, 5.74) is 4.65. The number of fused-ring (bicyclic) bond motifs is 3. The Morgan fingerprint density at radius 2 is 1.96 bits per heavy atom. The van der Waals surface area contributed by atoms with E-state index in [1.165, 1.54) is 11.1 Å². The molecule has 1 amide bonds. The summed E-state index contributed by atoms with van der Waals surface area (Å²) in [4.78, 5) is 14.7. The molecule has 2 aliphatic rings. The van der Waals surface area contributed by atoms with E-state index in [4.69, 9.17) is 16.3 Å². The first kappa shape index (κ1) is 17.2. The second-order valence-corrected chi connectivity index (χ2v) is 7.69. The van der Waals surface area contributed by atoms with Crippen LogP contribution in [-0.2, 0) is 23.2 Å². The van der Waals surface area contributed by atoms with Gasteiger partial charge in [-0.1, -0.05) is 35.9 Å². The molecule has 2 aromatic carbocycles. The Kier molecular flexibility index (Phi) is 4.28. The lowest BCUT2D eigenvalue weighted by Crippen LogP contribution is -2.46. The number of piperidine rings is 1. The second kappa shape index (κ2) is 6.48. The number of methoxy groups -OCH3 is 1. The number of hydrogen-bond acceptors (Lipinski definition) is 2. The third-order valence-electron chi connectivity index (χ3n) is 5.67. The number of amides is 1. The molecule has 3 nitrogen and oxygen atoms in total. The van der Waals surface area contributed by atoms with Crippen LogP contribution in [-0.4, -0.2) is 17.9 Å². The minimum Gasteiger partial charge on any atom is -0.497 e. The second-order valence-electron chi connectivity index (χ2n) is 7.26. The fraction of sp³-hybridized carbons (Fsp3) is 0.318. The molecule has 1 heterocycles. The first-order valence-electron chi connectivity index (χ1n) is 8.94. The quantitative estimate of drug-likeness (QED) is 0.774. The molecule has 4 rings (SSSR count). The highest BCUT2D eigenvalue weighted by Crippen LogP contribution is 2.47. The van der Waals surface area contributed by atoms with Crippen LogP contribution in [0.5, 0.6) is 5.75 Å². The molecule has 0 N–H and O–H groups in total. The van der Waals surface area contributed by atoms with E-state index in [9.17, 15) is 4.79 Å². The lowest BCUT2D eigenvalue weighted by Gasteiger charge is -2.46. The minimum absolute atomic E-state index is 0.140. The van der Waals surface area contributed by atoms with E-state index in [0.717, 1.165) is 34.9 Å². The van der Waals surface area contributed by atoms with Gasteiger partial charge in [0, 0.05) is 22.6 Å². The molecule has 4 heteroatoms. The van der Waals surface area contributed by atoms with E-state index >= 15 is 0 Å². The maximum Gasteiger partial charge on any atom is 0.227 e. The molecule has 0 aromatic heterocycles. The molecule has 26 heavy (non-hydrogen) atoms. The molecule has 2 aromatic rings. The van der Waals surface area contributed by atoms with Gasteiger partial charge in [-0.3, -0.25) is 4.79 Å². The number of benzene rings is 2. The van der Waals surface area contributed by atoms with Crippen LogP contribution < -0.4 is 4.74 Å². The van der Waals surface area contributed by atoms with Gasteiger partial charge in [-0.05, 0) is 60.7 Å². The molecule has 1 aliphatic heterocycles. The van der Waals surface area contributed by atoms with Crippen LogP contribution in [0.25, 0.3) is 0 Å². The Balaban J connectivity index is 1.69. The highest BCUT2D eigenvalue weighted by molar-refractivity contribution is 6.30. The van der Waals surface area contributed by atoms with Gasteiger partial charge in [-0.2, -0.15) is 0 Å². The van der Waals surface area contributed by atoms with Crippen LogP contribution in [0.4, 0.5) is 0 Å². The smallest absolute Gasteiger partial charge is 0.227 e. The summed E-state index contributed by atoms with van der Waals surface area (Å²) < 4.78 is 5.23. The molecule has 134 valence electrons. The summed E-state index contributed by atoms with van der Waals surface area (Å²) in [7, 11) is 1.66. The number of hydrogen-bond donors (Lipinski definition) is 0. The summed E-state index contributed by atoms with van der Waals surface area (Å²) in [6, 6.07) is 14.1. The topological polar surface area (TPSA) is 29.5 Å². The minimum atomic E-state index is -0.140. The van der Waals surface area contributed by atoms with E-state index < -0.39 is 0 Å². The van der Waals surface area contributed by atoms with E-state index in [-0.39, 0.29) is 11.3 Å². The van der Waals surface area contributed by atoms with Gasteiger partial charge >= 0.3 is 0 Å². The fourth-order valence-corrected chi connectivity index (χ4v) is 4.42. The van der Waals surface area contributed by atoms with Gasteiger partial charge in [0.05, 0.1) is 13.7 Å². The number of carbonyl (C=O) groups excluding carboxylic acids is 1. The van der Waals surface area contributed by atoms with Crippen molar-refractivity contribution in [2.45, 2.75) is 38.1 Å². The molecule has 0 radical (unpaired) electrons. The Bertz CT molecular complexity index is 888. The average Bonchev–Trinajstić information content (AvgIpc) is 2.65. The van der Waals surface area contributed by atoms with Crippen molar-refractivity contribution in [2.75, 3.05) is 7.11 Å². The summed E-state index contributed by atoms with van der Waals surface area (Å²) in [6.45, 7) is 2.84. The van der Waals surface area contributed by atoms with E-state index in [0.29, 0.717) is 13.0 Å². The number of halogens is 1. The first-order chi connectivity index (χ1) is 12.5. The van der Waals surface area contributed by atoms with Crippen molar-refractivity contribution in [1.29, 1.82) is 0 Å². The number of carbonyl (C=O) groups is 1. The first-order valence-corrected chi connectivity index (χ1v) is 9.32. The van der Waals surface area contributed by atoms with Crippen molar-refractivity contribution in [2.24, 2.45) is 0 Å². The van der Waals surface area contributed by atoms with Gasteiger partial charge < -0.3 is 9.64 Å². The van der Waals surface area contributed by atoms with Crippen LogP contribution in [0.3, 0.4) is 0 Å². The maximum absolute atomic E-state index is 12.7. The summed E-state index contributed by atoms with van der Waals surface area (Å²) in [5, 5.41) is 0.770. The molecular weight excluding hydrogens is 346 g/mol. The predicted octanol–water partition coefficient (Wildman–Crippen LogP) is 4.87. The lowest BCUT2D eigenvalue weighted by molar-refractivity contribution is -0.132. The molecule has 1 unspecified atom stereocenters. The monoisotopic (exact) mass is 367 g/mol. The normalized spacial score (nSPS) is 21.7. The van der Waals surface area contributed by atoms with Crippen LogP contribution >= 0.6 is 11.6 Å². The van der Waals surface area contributed by atoms with Gasteiger partial charge in [-0.25, -0.2) is 0 Å². The highest BCUT2D eigenvalue weighted by Gasteiger charge is 2.43.